The summed E-state index contributed by atoms with van der Waals surface area (Å²) in [5, 5.41) is 8.08. The third-order valence-corrected chi connectivity index (χ3v) is 6.70. The number of aromatic amines is 1. The molecule has 3 heterocycles. The Morgan fingerprint density at radius 3 is 2.88 bits per heavy atom. The highest BCUT2D eigenvalue weighted by molar-refractivity contribution is 7.92. The molecule has 1 aromatic carbocycles. The zero-order chi connectivity index (χ0) is 17.7. The van der Waals surface area contributed by atoms with E-state index in [1.54, 1.807) is 6.07 Å². The highest BCUT2D eigenvalue weighted by atomic mass is 32.2. The lowest BCUT2D eigenvalue weighted by Crippen LogP contribution is -2.35. The maximum Gasteiger partial charge on any atom is 0.265 e. The second kappa shape index (κ2) is 5.70. The summed E-state index contributed by atoms with van der Waals surface area (Å²) in [6.07, 6.45) is 5.33. The molecule has 0 spiro atoms. The molecule has 1 aliphatic carbocycles. The topological polar surface area (TPSA) is 92.1 Å². The molecule has 1 N–H and O–H groups in total. The zero-order valence-corrected chi connectivity index (χ0v) is 14.9. The fraction of sp³-hybridized carbons (Fsp3) is 0.333. The predicted molar refractivity (Wildman–Crippen MR) is 95.4 cm³/mol. The number of hydrogen-bond acceptors (Lipinski definition) is 5. The van der Waals surface area contributed by atoms with E-state index in [-0.39, 0.29) is 4.90 Å². The van der Waals surface area contributed by atoms with Gasteiger partial charge in [-0.1, -0.05) is 18.2 Å². The standard InChI is InChI=1S/C18H18N4O3S/c23-26(24,22-9-3-5-12-4-1-2-6-16(12)22)14-10-15(19-11-14)18-21-20-17(25-18)13-7-8-13/h1-2,4,6,10-11,13,19H,3,5,7-9H2. The van der Waals surface area contributed by atoms with E-state index in [2.05, 4.69) is 15.2 Å². The van der Waals surface area contributed by atoms with Crippen LogP contribution in [0.3, 0.4) is 0 Å². The predicted octanol–water partition coefficient (Wildman–Crippen LogP) is 3.08. The van der Waals surface area contributed by atoms with E-state index in [0.717, 1.165) is 36.9 Å². The van der Waals surface area contributed by atoms with Crippen LogP contribution in [0.5, 0.6) is 0 Å². The number of rotatable bonds is 4. The summed E-state index contributed by atoms with van der Waals surface area (Å²) >= 11 is 0. The Morgan fingerprint density at radius 2 is 2.04 bits per heavy atom. The molecule has 0 unspecified atom stereocenters. The van der Waals surface area contributed by atoms with Crippen LogP contribution in [0.15, 0.2) is 45.8 Å². The molecule has 0 amide bonds. The normalized spacial score (nSPS) is 17.3. The number of fused-ring (bicyclic) bond motifs is 1. The number of aryl methyl sites for hydroxylation is 1. The molecule has 0 radical (unpaired) electrons. The molecule has 2 aromatic heterocycles. The van der Waals surface area contributed by atoms with Crippen LogP contribution in [0.2, 0.25) is 0 Å². The van der Waals surface area contributed by atoms with E-state index < -0.39 is 10.0 Å². The van der Waals surface area contributed by atoms with E-state index in [1.165, 1.54) is 10.5 Å². The smallest absolute Gasteiger partial charge is 0.265 e. The van der Waals surface area contributed by atoms with Crippen molar-refractivity contribution in [2.45, 2.75) is 36.5 Å². The SMILES string of the molecule is O=S(=O)(c1c[nH]c(-c2nnc(C3CC3)o2)c1)N1CCCc2ccccc21. The van der Waals surface area contributed by atoms with Gasteiger partial charge < -0.3 is 9.40 Å². The van der Waals surface area contributed by atoms with E-state index in [4.69, 9.17) is 4.42 Å². The molecule has 1 saturated carbocycles. The zero-order valence-electron chi connectivity index (χ0n) is 14.1. The Bertz CT molecular complexity index is 1070. The summed E-state index contributed by atoms with van der Waals surface area (Å²) in [7, 11) is -3.65. The number of H-pyrrole nitrogens is 1. The number of nitrogens with zero attached hydrogens (tertiary/aromatic N) is 3. The molecule has 7 nitrogen and oxygen atoms in total. The first-order valence-corrected chi connectivity index (χ1v) is 10.2. The van der Waals surface area contributed by atoms with Gasteiger partial charge in [-0.25, -0.2) is 8.42 Å². The molecule has 1 aliphatic heterocycles. The number of benzene rings is 1. The van der Waals surface area contributed by atoms with Crippen LogP contribution in [0.4, 0.5) is 5.69 Å². The summed E-state index contributed by atoms with van der Waals surface area (Å²) in [5.41, 5.74) is 2.34. The lowest BCUT2D eigenvalue weighted by atomic mass is 10.0. The van der Waals surface area contributed by atoms with Crippen LogP contribution in [-0.4, -0.2) is 30.1 Å². The quantitative estimate of drug-likeness (QED) is 0.762. The van der Waals surface area contributed by atoms with Crippen LogP contribution in [0.1, 0.15) is 36.6 Å². The molecule has 5 rings (SSSR count). The van der Waals surface area contributed by atoms with Crippen molar-refractivity contribution in [1.82, 2.24) is 15.2 Å². The summed E-state index contributed by atoms with van der Waals surface area (Å²) in [4.78, 5) is 3.17. The van der Waals surface area contributed by atoms with E-state index in [1.807, 2.05) is 24.3 Å². The first-order chi connectivity index (χ1) is 12.6. The van der Waals surface area contributed by atoms with Gasteiger partial charge >= 0.3 is 0 Å². The minimum Gasteiger partial charge on any atom is -0.419 e. The number of sulfonamides is 1. The third-order valence-electron chi connectivity index (χ3n) is 4.91. The average Bonchev–Trinajstić information content (AvgIpc) is 3.18. The Kier molecular flexibility index (Phi) is 3.43. The fourth-order valence-electron chi connectivity index (χ4n) is 3.36. The summed E-state index contributed by atoms with van der Waals surface area (Å²) in [6, 6.07) is 9.22. The lowest BCUT2D eigenvalue weighted by Gasteiger charge is -2.30. The van der Waals surface area contributed by atoms with Gasteiger partial charge in [0.25, 0.3) is 15.9 Å². The van der Waals surface area contributed by atoms with Crippen molar-refractivity contribution in [3.05, 3.63) is 48.0 Å². The monoisotopic (exact) mass is 370 g/mol. The molecular formula is C18H18N4O3S. The maximum absolute atomic E-state index is 13.2. The van der Waals surface area contributed by atoms with Gasteiger partial charge in [0.2, 0.25) is 5.89 Å². The second-order valence-corrected chi connectivity index (χ2v) is 8.64. The van der Waals surface area contributed by atoms with Gasteiger partial charge in [0.15, 0.2) is 0 Å². The van der Waals surface area contributed by atoms with Crippen molar-refractivity contribution < 1.29 is 12.8 Å². The molecule has 8 heteroatoms. The molecule has 2 aliphatic rings. The van der Waals surface area contributed by atoms with E-state index in [0.29, 0.717) is 29.9 Å². The van der Waals surface area contributed by atoms with Crippen molar-refractivity contribution in [3.8, 4) is 11.6 Å². The Labute approximate surface area is 151 Å². The van der Waals surface area contributed by atoms with Gasteiger partial charge in [-0.2, -0.15) is 0 Å². The third kappa shape index (κ3) is 2.52. The van der Waals surface area contributed by atoms with Gasteiger partial charge in [-0.15, -0.1) is 10.2 Å². The van der Waals surface area contributed by atoms with Crippen molar-refractivity contribution >= 4 is 15.7 Å². The molecule has 26 heavy (non-hydrogen) atoms. The minimum absolute atomic E-state index is 0.204. The molecule has 0 bridgehead atoms. The van der Waals surface area contributed by atoms with Crippen molar-refractivity contribution in [2.24, 2.45) is 0 Å². The Hall–Kier alpha value is -2.61. The highest BCUT2D eigenvalue weighted by Gasteiger charge is 2.32. The minimum atomic E-state index is -3.65. The van der Waals surface area contributed by atoms with Gasteiger partial charge in [-0.05, 0) is 43.4 Å². The first-order valence-electron chi connectivity index (χ1n) is 8.76. The summed E-state index contributed by atoms with van der Waals surface area (Å²) in [5.74, 6) is 1.32. The van der Waals surface area contributed by atoms with E-state index in [9.17, 15) is 8.42 Å². The van der Waals surface area contributed by atoms with Gasteiger partial charge in [-0.3, -0.25) is 4.31 Å². The number of aromatic nitrogens is 3. The Balaban J connectivity index is 1.49. The number of anilines is 1. The Morgan fingerprint density at radius 1 is 1.19 bits per heavy atom. The van der Waals surface area contributed by atoms with Crippen molar-refractivity contribution in [3.63, 3.8) is 0 Å². The number of nitrogens with one attached hydrogen (secondary N) is 1. The average molecular weight is 370 g/mol. The second-order valence-electron chi connectivity index (χ2n) is 6.78. The van der Waals surface area contributed by atoms with Crippen LogP contribution in [0.25, 0.3) is 11.6 Å². The van der Waals surface area contributed by atoms with Gasteiger partial charge in [0.05, 0.1) is 5.69 Å². The highest BCUT2D eigenvalue weighted by Crippen LogP contribution is 2.40. The fourth-order valence-corrected chi connectivity index (χ4v) is 4.90. The molecule has 0 saturated heterocycles. The van der Waals surface area contributed by atoms with Gasteiger partial charge in [0, 0.05) is 18.7 Å². The number of hydrogen-bond donors (Lipinski definition) is 1. The van der Waals surface area contributed by atoms with Crippen LogP contribution < -0.4 is 4.31 Å². The van der Waals surface area contributed by atoms with Crippen molar-refractivity contribution in [2.75, 3.05) is 10.8 Å². The molecule has 0 atom stereocenters. The number of para-hydroxylation sites is 1. The molecular weight excluding hydrogens is 352 g/mol. The summed E-state index contributed by atoms with van der Waals surface area (Å²) < 4.78 is 33.5. The molecule has 3 aromatic rings. The molecule has 134 valence electrons. The van der Waals surface area contributed by atoms with Crippen LogP contribution in [-0.2, 0) is 16.4 Å². The first kappa shape index (κ1) is 15.6. The van der Waals surface area contributed by atoms with E-state index >= 15 is 0 Å². The maximum atomic E-state index is 13.2. The summed E-state index contributed by atoms with van der Waals surface area (Å²) in [6.45, 7) is 0.478. The largest absolute Gasteiger partial charge is 0.419 e. The van der Waals surface area contributed by atoms with Gasteiger partial charge in [0.1, 0.15) is 10.6 Å². The molecule has 1 fully saturated rings. The van der Waals surface area contributed by atoms with Crippen LogP contribution in [0, 0.1) is 0 Å². The lowest BCUT2D eigenvalue weighted by molar-refractivity contribution is 0.507. The van der Waals surface area contributed by atoms with Crippen LogP contribution >= 0.6 is 0 Å². The van der Waals surface area contributed by atoms with Crippen molar-refractivity contribution in [1.29, 1.82) is 0 Å².